The lowest BCUT2D eigenvalue weighted by molar-refractivity contribution is -0.128. The summed E-state index contributed by atoms with van der Waals surface area (Å²) >= 11 is 0. The Bertz CT molecular complexity index is 238. The van der Waals surface area contributed by atoms with Crippen molar-refractivity contribution >= 4 is 5.91 Å². The van der Waals surface area contributed by atoms with Crippen molar-refractivity contribution in [2.75, 3.05) is 6.54 Å². The maximum absolute atomic E-state index is 12.1. The van der Waals surface area contributed by atoms with Crippen molar-refractivity contribution in [1.29, 1.82) is 0 Å². The molecular formula is C13H26N2O. The normalized spacial score (nSPS) is 26.5. The van der Waals surface area contributed by atoms with E-state index in [4.69, 9.17) is 0 Å². The first-order valence-corrected chi connectivity index (χ1v) is 6.51. The van der Waals surface area contributed by atoms with Crippen LogP contribution in [0.1, 0.15) is 53.4 Å². The van der Waals surface area contributed by atoms with Gasteiger partial charge in [0.15, 0.2) is 0 Å². The minimum atomic E-state index is -0.0665. The summed E-state index contributed by atoms with van der Waals surface area (Å²) in [5, 5.41) is 6.55. The molecule has 1 aliphatic rings. The monoisotopic (exact) mass is 226 g/mol. The fourth-order valence-electron chi connectivity index (χ4n) is 2.52. The number of amides is 1. The molecule has 0 aliphatic carbocycles. The van der Waals surface area contributed by atoms with Gasteiger partial charge >= 0.3 is 0 Å². The van der Waals surface area contributed by atoms with E-state index in [0.717, 1.165) is 32.2 Å². The maximum atomic E-state index is 12.1. The molecule has 94 valence electrons. The Morgan fingerprint density at radius 2 is 2.19 bits per heavy atom. The first-order chi connectivity index (χ1) is 7.46. The second-order valence-electron chi connectivity index (χ2n) is 5.61. The molecule has 0 bridgehead atoms. The molecule has 0 saturated carbocycles. The average molecular weight is 226 g/mol. The van der Waals surface area contributed by atoms with Crippen molar-refractivity contribution < 1.29 is 4.79 Å². The third kappa shape index (κ3) is 3.78. The molecule has 2 unspecified atom stereocenters. The van der Waals surface area contributed by atoms with E-state index in [1.165, 1.54) is 0 Å². The van der Waals surface area contributed by atoms with E-state index >= 15 is 0 Å². The first kappa shape index (κ1) is 13.5. The zero-order valence-corrected chi connectivity index (χ0v) is 11.1. The lowest BCUT2D eigenvalue weighted by Crippen LogP contribution is -2.52. The number of hydrogen-bond donors (Lipinski definition) is 2. The highest BCUT2D eigenvalue weighted by Gasteiger charge is 2.30. The predicted molar refractivity (Wildman–Crippen MR) is 67.3 cm³/mol. The van der Waals surface area contributed by atoms with Crippen molar-refractivity contribution in [2.24, 2.45) is 5.92 Å². The Morgan fingerprint density at radius 3 is 2.75 bits per heavy atom. The Balaban J connectivity index is 2.50. The number of nitrogens with one attached hydrogen (secondary N) is 2. The lowest BCUT2D eigenvalue weighted by atomic mass is 9.89. The van der Waals surface area contributed by atoms with E-state index < -0.39 is 0 Å². The molecule has 2 atom stereocenters. The van der Waals surface area contributed by atoms with Gasteiger partial charge in [0.05, 0.1) is 5.92 Å². The summed E-state index contributed by atoms with van der Waals surface area (Å²) in [6, 6.07) is 0.311. The Labute approximate surface area is 99.4 Å². The van der Waals surface area contributed by atoms with Gasteiger partial charge < -0.3 is 10.6 Å². The predicted octanol–water partition coefficient (Wildman–Crippen LogP) is 2.07. The third-order valence-corrected chi connectivity index (χ3v) is 3.44. The van der Waals surface area contributed by atoms with E-state index in [2.05, 4.69) is 38.3 Å². The molecule has 0 aromatic rings. The standard InChI is InChI=1S/C13H26N2O/c1-5-8-13(3,4)15-12(16)11-7-6-9-14-10(11)2/h10-11,14H,5-9H2,1-4H3,(H,15,16). The van der Waals surface area contributed by atoms with Gasteiger partial charge in [-0.15, -0.1) is 0 Å². The van der Waals surface area contributed by atoms with E-state index in [1.807, 2.05) is 0 Å². The molecule has 1 aliphatic heterocycles. The van der Waals surface area contributed by atoms with Crippen LogP contribution in [0, 0.1) is 5.92 Å². The molecule has 0 aromatic heterocycles. The Morgan fingerprint density at radius 1 is 1.50 bits per heavy atom. The van der Waals surface area contributed by atoms with E-state index in [0.29, 0.717) is 6.04 Å². The van der Waals surface area contributed by atoms with Crippen molar-refractivity contribution in [1.82, 2.24) is 10.6 Å². The summed E-state index contributed by atoms with van der Waals surface area (Å²) in [4.78, 5) is 12.1. The van der Waals surface area contributed by atoms with Gasteiger partial charge in [0, 0.05) is 11.6 Å². The molecule has 0 spiro atoms. The molecule has 1 amide bonds. The van der Waals surface area contributed by atoms with Crippen LogP contribution < -0.4 is 10.6 Å². The van der Waals surface area contributed by atoms with Crippen molar-refractivity contribution in [2.45, 2.75) is 65.0 Å². The molecule has 2 N–H and O–H groups in total. The summed E-state index contributed by atoms with van der Waals surface area (Å²) in [6.07, 6.45) is 4.26. The van der Waals surface area contributed by atoms with Crippen molar-refractivity contribution in [3.63, 3.8) is 0 Å². The van der Waals surface area contributed by atoms with Crippen LogP contribution in [0.5, 0.6) is 0 Å². The van der Waals surface area contributed by atoms with Crippen LogP contribution in [0.25, 0.3) is 0 Å². The second-order valence-corrected chi connectivity index (χ2v) is 5.61. The Kier molecular flexibility index (Phi) is 4.78. The fourth-order valence-corrected chi connectivity index (χ4v) is 2.52. The molecular weight excluding hydrogens is 200 g/mol. The maximum Gasteiger partial charge on any atom is 0.225 e. The van der Waals surface area contributed by atoms with Gasteiger partial charge in [-0.1, -0.05) is 13.3 Å². The van der Waals surface area contributed by atoms with Gasteiger partial charge in [-0.05, 0) is 46.6 Å². The topological polar surface area (TPSA) is 41.1 Å². The minimum Gasteiger partial charge on any atom is -0.351 e. The highest BCUT2D eigenvalue weighted by molar-refractivity contribution is 5.80. The molecule has 0 radical (unpaired) electrons. The fraction of sp³-hybridized carbons (Fsp3) is 0.923. The Hall–Kier alpha value is -0.570. The zero-order valence-electron chi connectivity index (χ0n) is 11.1. The molecule has 0 aromatic carbocycles. The van der Waals surface area contributed by atoms with Crippen LogP contribution in [-0.4, -0.2) is 24.0 Å². The van der Waals surface area contributed by atoms with Gasteiger partial charge in [-0.25, -0.2) is 0 Å². The van der Waals surface area contributed by atoms with Crippen LogP contribution in [0.15, 0.2) is 0 Å². The summed E-state index contributed by atoms with van der Waals surface area (Å²) < 4.78 is 0. The highest BCUT2D eigenvalue weighted by Crippen LogP contribution is 2.19. The van der Waals surface area contributed by atoms with Gasteiger partial charge in [0.1, 0.15) is 0 Å². The quantitative estimate of drug-likeness (QED) is 0.770. The van der Waals surface area contributed by atoms with E-state index in [-0.39, 0.29) is 17.4 Å². The van der Waals surface area contributed by atoms with Gasteiger partial charge in [-0.2, -0.15) is 0 Å². The molecule has 1 fully saturated rings. The lowest BCUT2D eigenvalue weighted by Gasteiger charge is -2.33. The smallest absolute Gasteiger partial charge is 0.225 e. The van der Waals surface area contributed by atoms with Gasteiger partial charge in [0.25, 0.3) is 0 Å². The SMILES string of the molecule is CCCC(C)(C)NC(=O)C1CCCNC1C. The van der Waals surface area contributed by atoms with Crippen LogP contribution >= 0.6 is 0 Å². The largest absolute Gasteiger partial charge is 0.351 e. The third-order valence-electron chi connectivity index (χ3n) is 3.44. The van der Waals surface area contributed by atoms with Crippen LogP contribution in [0.4, 0.5) is 0 Å². The zero-order chi connectivity index (χ0) is 12.2. The summed E-state index contributed by atoms with van der Waals surface area (Å²) in [5.74, 6) is 0.364. The summed E-state index contributed by atoms with van der Waals surface area (Å²) in [6.45, 7) is 9.52. The average Bonchev–Trinajstić information content (AvgIpc) is 2.17. The number of carbonyl (C=O) groups is 1. The number of carbonyl (C=O) groups excluding carboxylic acids is 1. The van der Waals surface area contributed by atoms with Crippen LogP contribution in [0.2, 0.25) is 0 Å². The van der Waals surface area contributed by atoms with Crippen molar-refractivity contribution in [3.05, 3.63) is 0 Å². The number of piperidine rings is 1. The van der Waals surface area contributed by atoms with Gasteiger partial charge in [0.2, 0.25) is 5.91 Å². The molecule has 3 nitrogen and oxygen atoms in total. The molecule has 1 saturated heterocycles. The van der Waals surface area contributed by atoms with E-state index in [9.17, 15) is 4.79 Å². The number of hydrogen-bond acceptors (Lipinski definition) is 2. The molecule has 1 rings (SSSR count). The minimum absolute atomic E-state index is 0.0665. The van der Waals surface area contributed by atoms with Crippen LogP contribution in [0.3, 0.4) is 0 Å². The summed E-state index contributed by atoms with van der Waals surface area (Å²) in [5.41, 5.74) is -0.0665. The summed E-state index contributed by atoms with van der Waals surface area (Å²) in [7, 11) is 0. The molecule has 3 heteroatoms. The van der Waals surface area contributed by atoms with Crippen molar-refractivity contribution in [3.8, 4) is 0 Å². The highest BCUT2D eigenvalue weighted by atomic mass is 16.2. The van der Waals surface area contributed by atoms with E-state index in [1.54, 1.807) is 0 Å². The molecule has 1 heterocycles. The van der Waals surface area contributed by atoms with Gasteiger partial charge in [-0.3, -0.25) is 4.79 Å². The first-order valence-electron chi connectivity index (χ1n) is 6.51. The number of rotatable bonds is 4. The van der Waals surface area contributed by atoms with Crippen LogP contribution in [-0.2, 0) is 4.79 Å². The molecule has 16 heavy (non-hydrogen) atoms. The second kappa shape index (κ2) is 5.67.